The van der Waals surface area contributed by atoms with Gasteiger partial charge in [0, 0.05) is 10.9 Å². The monoisotopic (exact) mass is 206 g/mol. The lowest BCUT2D eigenvalue weighted by Crippen LogP contribution is -2.13. The van der Waals surface area contributed by atoms with E-state index < -0.39 is 0 Å². The Morgan fingerprint density at radius 1 is 1.29 bits per heavy atom. The highest BCUT2D eigenvalue weighted by atomic mass is 35.5. The minimum absolute atomic E-state index is 0.0336. The molecule has 1 aliphatic rings. The van der Waals surface area contributed by atoms with E-state index in [2.05, 4.69) is 0 Å². The van der Waals surface area contributed by atoms with Crippen molar-refractivity contribution in [1.29, 1.82) is 0 Å². The summed E-state index contributed by atoms with van der Waals surface area (Å²) in [4.78, 5) is 11.6. The van der Waals surface area contributed by atoms with E-state index >= 15 is 0 Å². The first-order valence-corrected chi connectivity index (χ1v) is 5.11. The van der Waals surface area contributed by atoms with Crippen molar-refractivity contribution in [3.05, 3.63) is 47.0 Å². The first kappa shape index (κ1) is 9.47. The van der Waals surface area contributed by atoms with Crippen LogP contribution in [-0.2, 0) is 4.79 Å². The van der Waals surface area contributed by atoms with Crippen LogP contribution >= 0.6 is 11.6 Å². The van der Waals surface area contributed by atoms with Gasteiger partial charge in [-0.15, -0.1) is 0 Å². The molecule has 0 saturated carbocycles. The highest BCUT2D eigenvalue weighted by Gasteiger charge is 2.22. The molecule has 0 aromatic heterocycles. The van der Waals surface area contributed by atoms with Crippen LogP contribution in [-0.4, -0.2) is 5.78 Å². The summed E-state index contributed by atoms with van der Waals surface area (Å²) in [5, 5.41) is 0.696. The van der Waals surface area contributed by atoms with E-state index in [0.29, 0.717) is 5.02 Å². The van der Waals surface area contributed by atoms with E-state index in [4.69, 9.17) is 11.6 Å². The van der Waals surface area contributed by atoms with Crippen molar-refractivity contribution < 1.29 is 4.79 Å². The molecule has 14 heavy (non-hydrogen) atoms. The van der Waals surface area contributed by atoms with Crippen molar-refractivity contribution in [3.8, 4) is 0 Å². The molecular formula is C12H11ClO. The summed E-state index contributed by atoms with van der Waals surface area (Å²) in [5.74, 6) is 0.137. The molecule has 0 fully saturated rings. The average Bonchev–Trinajstić information content (AvgIpc) is 2.20. The van der Waals surface area contributed by atoms with Crippen molar-refractivity contribution in [2.24, 2.45) is 0 Å². The van der Waals surface area contributed by atoms with Gasteiger partial charge in [-0.3, -0.25) is 4.79 Å². The van der Waals surface area contributed by atoms with Crippen molar-refractivity contribution in [1.82, 2.24) is 0 Å². The highest BCUT2D eigenvalue weighted by Crippen LogP contribution is 2.31. The van der Waals surface area contributed by atoms with Gasteiger partial charge in [0.1, 0.15) is 0 Å². The van der Waals surface area contributed by atoms with Crippen LogP contribution in [0.1, 0.15) is 24.3 Å². The molecule has 0 heterocycles. The third kappa shape index (κ3) is 1.73. The first-order valence-electron chi connectivity index (χ1n) is 4.74. The Hall–Kier alpha value is -1.08. The molecule has 2 heteroatoms. The van der Waals surface area contributed by atoms with Gasteiger partial charge in [0.25, 0.3) is 0 Å². The molecule has 0 radical (unpaired) electrons. The van der Waals surface area contributed by atoms with Crippen molar-refractivity contribution in [3.63, 3.8) is 0 Å². The van der Waals surface area contributed by atoms with E-state index in [1.165, 1.54) is 0 Å². The molecule has 0 saturated heterocycles. The summed E-state index contributed by atoms with van der Waals surface area (Å²) in [6, 6.07) is 7.58. The van der Waals surface area contributed by atoms with E-state index in [9.17, 15) is 4.79 Å². The molecule has 1 aromatic rings. The largest absolute Gasteiger partial charge is 0.294 e. The molecular weight excluding hydrogens is 196 g/mol. The highest BCUT2D eigenvalue weighted by molar-refractivity contribution is 6.31. The normalized spacial score (nSPS) is 21.2. The molecule has 72 valence electrons. The lowest BCUT2D eigenvalue weighted by molar-refractivity contribution is -0.116. The molecule has 1 atom stereocenters. The lowest BCUT2D eigenvalue weighted by Gasteiger charge is -2.17. The molecule has 2 rings (SSSR count). The second-order valence-electron chi connectivity index (χ2n) is 3.46. The fraction of sp³-hybridized carbons (Fsp3) is 0.250. The van der Waals surface area contributed by atoms with Crippen LogP contribution in [0.4, 0.5) is 0 Å². The fourth-order valence-corrected chi connectivity index (χ4v) is 2.05. The smallest absolute Gasteiger partial charge is 0.162 e. The van der Waals surface area contributed by atoms with Gasteiger partial charge < -0.3 is 0 Å². The summed E-state index contributed by atoms with van der Waals surface area (Å²) < 4.78 is 0. The van der Waals surface area contributed by atoms with E-state index in [1.54, 1.807) is 6.08 Å². The van der Waals surface area contributed by atoms with E-state index in [0.717, 1.165) is 18.4 Å². The van der Waals surface area contributed by atoms with Crippen LogP contribution in [0.15, 0.2) is 36.4 Å². The molecule has 0 N–H and O–H groups in total. The van der Waals surface area contributed by atoms with Crippen LogP contribution in [0.3, 0.4) is 0 Å². The minimum atomic E-state index is -0.0336. The molecule has 1 nitrogen and oxygen atoms in total. The summed E-state index contributed by atoms with van der Waals surface area (Å²) in [6.45, 7) is 0. The second-order valence-corrected chi connectivity index (χ2v) is 3.86. The number of hydrogen-bond acceptors (Lipinski definition) is 1. The quantitative estimate of drug-likeness (QED) is 0.689. The number of carbonyl (C=O) groups excluding carboxylic acids is 1. The topological polar surface area (TPSA) is 17.1 Å². The van der Waals surface area contributed by atoms with Gasteiger partial charge in [-0.05, 0) is 30.5 Å². The maximum absolute atomic E-state index is 11.6. The maximum Gasteiger partial charge on any atom is 0.162 e. The van der Waals surface area contributed by atoms with Gasteiger partial charge in [-0.2, -0.15) is 0 Å². The van der Waals surface area contributed by atoms with Crippen molar-refractivity contribution >= 4 is 17.4 Å². The molecule has 1 aromatic carbocycles. The number of allylic oxidation sites excluding steroid dienone is 2. The second kappa shape index (κ2) is 3.97. The summed E-state index contributed by atoms with van der Waals surface area (Å²) in [7, 11) is 0. The minimum Gasteiger partial charge on any atom is -0.294 e. The predicted octanol–water partition coefficient (Wildman–Crippen LogP) is 3.34. The van der Waals surface area contributed by atoms with Crippen LogP contribution in [0.2, 0.25) is 5.02 Å². The van der Waals surface area contributed by atoms with Gasteiger partial charge in [0.05, 0.1) is 0 Å². The zero-order valence-electron chi connectivity index (χ0n) is 7.74. The number of rotatable bonds is 1. The van der Waals surface area contributed by atoms with Gasteiger partial charge >= 0.3 is 0 Å². The van der Waals surface area contributed by atoms with E-state index in [-0.39, 0.29) is 11.7 Å². The Labute approximate surface area is 88.4 Å². The fourth-order valence-electron chi connectivity index (χ4n) is 1.79. The molecule has 0 aliphatic heterocycles. The predicted molar refractivity (Wildman–Crippen MR) is 57.6 cm³/mol. The molecule has 1 aliphatic carbocycles. The van der Waals surface area contributed by atoms with Crippen LogP contribution in [0.5, 0.6) is 0 Å². The Balaban J connectivity index is 2.35. The Bertz CT molecular complexity index is 382. The number of benzene rings is 1. The zero-order chi connectivity index (χ0) is 9.97. The van der Waals surface area contributed by atoms with E-state index in [1.807, 2.05) is 30.3 Å². The number of halogens is 1. The third-order valence-corrected chi connectivity index (χ3v) is 2.87. The molecule has 0 bridgehead atoms. The third-order valence-electron chi connectivity index (χ3n) is 2.53. The van der Waals surface area contributed by atoms with Crippen LogP contribution in [0.25, 0.3) is 0 Å². The number of hydrogen-bond donors (Lipinski definition) is 0. The molecule has 1 unspecified atom stereocenters. The number of carbonyl (C=O) groups is 1. The van der Waals surface area contributed by atoms with Gasteiger partial charge in [-0.1, -0.05) is 35.9 Å². The van der Waals surface area contributed by atoms with Crippen LogP contribution < -0.4 is 0 Å². The number of ketones is 1. The molecule has 0 spiro atoms. The Kier molecular flexibility index (Phi) is 2.69. The SMILES string of the molecule is O=C1C=CCCC1c1ccccc1Cl. The summed E-state index contributed by atoms with van der Waals surface area (Å²) >= 11 is 6.05. The molecule has 0 amide bonds. The van der Waals surface area contributed by atoms with Gasteiger partial charge in [-0.25, -0.2) is 0 Å². The lowest BCUT2D eigenvalue weighted by atomic mass is 9.87. The van der Waals surface area contributed by atoms with Crippen LogP contribution in [0, 0.1) is 0 Å². The van der Waals surface area contributed by atoms with Gasteiger partial charge in [0.2, 0.25) is 0 Å². The Morgan fingerprint density at radius 2 is 2.07 bits per heavy atom. The van der Waals surface area contributed by atoms with Gasteiger partial charge in [0.15, 0.2) is 5.78 Å². The first-order chi connectivity index (χ1) is 6.79. The maximum atomic E-state index is 11.6. The van der Waals surface area contributed by atoms with Crippen molar-refractivity contribution in [2.75, 3.05) is 0 Å². The zero-order valence-corrected chi connectivity index (χ0v) is 8.50. The Morgan fingerprint density at radius 3 is 2.79 bits per heavy atom. The average molecular weight is 207 g/mol. The summed E-state index contributed by atoms with van der Waals surface area (Å²) in [5.41, 5.74) is 0.962. The standard InChI is InChI=1S/C12H11ClO/c13-11-7-3-1-5-9(11)10-6-2-4-8-12(10)14/h1,3-5,7-8,10H,2,6H2. The van der Waals surface area contributed by atoms with Crippen molar-refractivity contribution in [2.45, 2.75) is 18.8 Å². The summed E-state index contributed by atoms with van der Waals surface area (Å²) in [6.07, 6.45) is 5.42.